The number of sulfonamides is 1. The summed E-state index contributed by atoms with van der Waals surface area (Å²) >= 11 is 0.410. The number of ether oxygens (including phenoxy) is 1. The van der Waals surface area contributed by atoms with Gasteiger partial charge in [-0.15, -0.1) is 0 Å². The van der Waals surface area contributed by atoms with E-state index in [9.17, 15) is 17.2 Å². The van der Waals surface area contributed by atoms with Gasteiger partial charge in [0.05, 0.1) is 28.3 Å². The van der Waals surface area contributed by atoms with Gasteiger partial charge < -0.3 is 4.74 Å². The van der Waals surface area contributed by atoms with Gasteiger partial charge in [-0.2, -0.15) is 13.9 Å². The number of methoxy groups -OCH3 is 1. The Morgan fingerprint density at radius 2 is 1.88 bits per heavy atom. The van der Waals surface area contributed by atoms with Gasteiger partial charge in [-0.1, -0.05) is 17.8 Å². The molecule has 0 saturated heterocycles. The molecule has 0 unspecified atom stereocenters. The fraction of sp³-hybridized carbons (Fsp3) is 0.188. The topological polar surface area (TPSA) is 93.8 Å². The molecule has 0 amide bonds. The number of rotatable bonds is 7. The SMILES string of the molecule is COc1cc(/C(C)=N/Nc2ccc(S(N)(=O)=O)cc2)ccc1SC(F)F. The van der Waals surface area contributed by atoms with E-state index in [0.717, 1.165) is 0 Å². The highest BCUT2D eigenvalue weighted by Crippen LogP contribution is 2.34. The van der Waals surface area contributed by atoms with E-state index in [4.69, 9.17) is 9.88 Å². The number of halogens is 2. The van der Waals surface area contributed by atoms with Gasteiger partial charge in [-0.25, -0.2) is 13.6 Å². The first-order valence-electron chi connectivity index (χ1n) is 7.27. The fourth-order valence-corrected chi connectivity index (χ4v) is 3.13. The molecule has 140 valence electrons. The number of anilines is 1. The number of thioether (sulfide) groups is 1. The Bertz CT molecular complexity index is 901. The van der Waals surface area contributed by atoms with Gasteiger partial charge in [0.15, 0.2) is 0 Å². The molecule has 0 aliphatic rings. The summed E-state index contributed by atoms with van der Waals surface area (Å²) in [5.74, 6) is -2.20. The third-order valence-corrected chi connectivity index (χ3v) is 5.03. The first-order chi connectivity index (χ1) is 12.2. The molecule has 0 aliphatic carbocycles. The summed E-state index contributed by atoms with van der Waals surface area (Å²) in [6.45, 7) is 1.74. The van der Waals surface area contributed by atoms with Crippen LogP contribution in [0.2, 0.25) is 0 Å². The Morgan fingerprint density at radius 3 is 2.42 bits per heavy atom. The lowest BCUT2D eigenvalue weighted by atomic mass is 10.1. The highest BCUT2D eigenvalue weighted by Gasteiger charge is 2.12. The second kappa shape index (κ2) is 8.47. The summed E-state index contributed by atoms with van der Waals surface area (Å²) in [7, 11) is -2.34. The molecule has 0 radical (unpaired) electrons. The zero-order valence-corrected chi connectivity index (χ0v) is 15.6. The van der Waals surface area contributed by atoms with E-state index in [1.54, 1.807) is 25.1 Å². The molecule has 0 fully saturated rings. The van der Waals surface area contributed by atoms with Crippen LogP contribution in [0.5, 0.6) is 5.75 Å². The van der Waals surface area contributed by atoms with Crippen molar-refractivity contribution in [1.29, 1.82) is 0 Å². The van der Waals surface area contributed by atoms with Gasteiger partial charge in [-0.3, -0.25) is 5.43 Å². The van der Waals surface area contributed by atoms with Crippen LogP contribution in [0.1, 0.15) is 12.5 Å². The number of nitrogens with two attached hydrogens (primary N) is 1. The monoisotopic (exact) mass is 401 g/mol. The maximum atomic E-state index is 12.5. The molecular formula is C16H17F2N3O3S2. The van der Waals surface area contributed by atoms with Crippen LogP contribution >= 0.6 is 11.8 Å². The lowest BCUT2D eigenvalue weighted by Gasteiger charge is -2.10. The predicted octanol–water partition coefficient (Wildman–Crippen LogP) is 3.49. The third kappa shape index (κ3) is 5.41. The molecule has 0 bridgehead atoms. The third-order valence-electron chi connectivity index (χ3n) is 3.33. The van der Waals surface area contributed by atoms with Gasteiger partial charge >= 0.3 is 0 Å². The summed E-state index contributed by atoms with van der Waals surface area (Å²) in [5.41, 5.74) is 4.63. The largest absolute Gasteiger partial charge is 0.496 e. The molecule has 2 aromatic rings. The summed E-state index contributed by atoms with van der Waals surface area (Å²) in [5, 5.41) is 9.24. The van der Waals surface area contributed by atoms with Gasteiger partial charge in [0.25, 0.3) is 5.76 Å². The fourth-order valence-electron chi connectivity index (χ4n) is 2.02. The Balaban J connectivity index is 2.16. The number of nitrogens with one attached hydrogen (secondary N) is 1. The van der Waals surface area contributed by atoms with Crippen molar-refractivity contribution in [3.8, 4) is 5.75 Å². The van der Waals surface area contributed by atoms with E-state index in [2.05, 4.69) is 10.5 Å². The molecule has 2 aromatic carbocycles. The van der Waals surface area contributed by atoms with Crippen molar-refractivity contribution in [3.05, 3.63) is 48.0 Å². The number of benzene rings is 2. The molecule has 0 saturated carbocycles. The lowest BCUT2D eigenvalue weighted by Crippen LogP contribution is -2.11. The van der Waals surface area contributed by atoms with E-state index in [0.29, 0.717) is 39.4 Å². The standard InChI is InChI=1S/C16H17F2N3O3S2/c1-10(11-3-8-15(25-16(17)18)14(9-11)24-2)20-21-12-4-6-13(7-5-12)26(19,22)23/h3-9,16,21H,1-2H3,(H2,19,22,23)/b20-10+. The van der Waals surface area contributed by atoms with Crippen molar-refractivity contribution in [1.82, 2.24) is 0 Å². The summed E-state index contributed by atoms with van der Waals surface area (Å²) in [6, 6.07) is 10.6. The highest BCUT2D eigenvalue weighted by atomic mass is 32.2. The Hall–Kier alpha value is -2.17. The number of alkyl halides is 2. The normalized spacial score (nSPS) is 12.3. The van der Waals surface area contributed by atoms with E-state index in [1.807, 2.05) is 0 Å². The summed E-state index contributed by atoms with van der Waals surface area (Å²) < 4.78 is 52.7. The Kier molecular flexibility index (Phi) is 6.57. The van der Waals surface area contributed by atoms with Gasteiger partial charge in [-0.05, 0) is 43.3 Å². The van der Waals surface area contributed by atoms with Gasteiger partial charge in [0.2, 0.25) is 10.0 Å². The summed E-state index contributed by atoms with van der Waals surface area (Å²) in [4.78, 5) is 0.339. The van der Waals surface area contributed by atoms with Gasteiger partial charge in [0, 0.05) is 5.56 Å². The van der Waals surface area contributed by atoms with Crippen molar-refractivity contribution >= 4 is 33.2 Å². The molecule has 26 heavy (non-hydrogen) atoms. The van der Waals surface area contributed by atoms with E-state index < -0.39 is 15.8 Å². The lowest BCUT2D eigenvalue weighted by molar-refractivity contribution is 0.251. The van der Waals surface area contributed by atoms with Crippen LogP contribution in [-0.4, -0.2) is 27.0 Å². The quantitative estimate of drug-likeness (QED) is 0.421. The van der Waals surface area contributed by atoms with Crippen LogP contribution in [-0.2, 0) is 10.0 Å². The van der Waals surface area contributed by atoms with Crippen molar-refractivity contribution in [2.75, 3.05) is 12.5 Å². The number of hydrogen-bond donors (Lipinski definition) is 2. The minimum Gasteiger partial charge on any atom is -0.496 e. The Morgan fingerprint density at radius 1 is 1.23 bits per heavy atom. The number of hydrazone groups is 1. The van der Waals surface area contributed by atoms with Crippen LogP contribution in [0.3, 0.4) is 0 Å². The minimum atomic E-state index is -3.75. The zero-order chi connectivity index (χ0) is 19.3. The first-order valence-corrected chi connectivity index (χ1v) is 9.69. The second-order valence-electron chi connectivity index (χ2n) is 5.12. The maximum absolute atomic E-state index is 12.5. The molecule has 0 aliphatic heterocycles. The maximum Gasteiger partial charge on any atom is 0.289 e. The molecule has 6 nitrogen and oxygen atoms in total. The molecule has 10 heteroatoms. The molecular weight excluding hydrogens is 384 g/mol. The number of nitrogens with zero attached hydrogens (tertiary/aromatic N) is 1. The number of primary sulfonamides is 1. The molecule has 3 N–H and O–H groups in total. The molecule has 0 heterocycles. The van der Waals surface area contributed by atoms with Crippen molar-refractivity contribution < 1.29 is 21.9 Å². The Labute approximate surface area is 154 Å². The van der Waals surface area contributed by atoms with Crippen LogP contribution in [0.15, 0.2) is 57.4 Å². The molecule has 0 spiro atoms. The predicted molar refractivity (Wildman–Crippen MR) is 98.5 cm³/mol. The van der Waals surface area contributed by atoms with Gasteiger partial charge in [0.1, 0.15) is 5.75 Å². The highest BCUT2D eigenvalue weighted by molar-refractivity contribution is 7.99. The van der Waals surface area contributed by atoms with Crippen molar-refractivity contribution in [2.24, 2.45) is 10.2 Å². The molecule has 0 atom stereocenters. The van der Waals surface area contributed by atoms with Crippen molar-refractivity contribution in [3.63, 3.8) is 0 Å². The summed E-state index contributed by atoms with van der Waals surface area (Å²) in [6.07, 6.45) is 0. The van der Waals surface area contributed by atoms with E-state index >= 15 is 0 Å². The van der Waals surface area contributed by atoms with Crippen LogP contribution < -0.4 is 15.3 Å². The van der Waals surface area contributed by atoms with Crippen molar-refractivity contribution in [2.45, 2.75) is 22.5 Å². The average Bonchev–Trinajstić information content (AvgIpc) is 2.59. The van der Waals surface area contributed by atoms with Crippen LogP contribution in [0.4, 0.5) is 14.5 Å². The average molecular weight is 401 g/mol. The molecule has 2 rings (SSSR count). The second-order valence-corrected chi connectivity index (χ2v) is 7.72. The molecule has 0 aromatic heterocycles. The smallest absolute Gasteiger partial charge is 0.289 e. The number of hydrogen-bond acceptors (Lipinski definition) is 6. The van der Waals surface area contributed by atoms with Crippen LogP contribution in [0, 0.1) is 0 Å². The zero-order valence-electron chi connectivity index (χ0n) is 13.9. The van der Waals surface area contributed by atoms with E-state index in [-0.39, 0.29) is 4.90 Å². The minimum absolute atomic E-state index is 0.000562. The van der Waals surface area contributed by atoms with E-state index in [1.165, 1.54) is 31.4 Å². The first kappa shape index (κ1) is 20.1. The van der Waals surface area contributed by atoms with Crippen LogP contribution in [0.25, 0.3) is 0 Å².